The van der Waals surface area contributed by atoms with Gasteiger partial charge in [0.15, 0.2) is 5.13 Å². The number of aryl methyl sites for hydroxylation is 1. The van der Waals surface area contributed by atoms with Gasteiger partial charge < -0.3 is 10.1 Å². The molecule has 0 saturated carbocycles. The molecule has 1 aromatic carbocycles. The first-order valence-corrected chi connectivity index (χ1v) is 10.9. The van der Waals surface area contributed by atoms with E-state index >= 15 is 0 Å². The minimum absolute atomic E-state index is 0.243. The molecule has 1 unspecified atom stereocenters. The number of hydrogen-bond donors (Lipinski definition) is 1. The van der Waals surface area contributed by atoms with Gasteiger partial charge in [0.25, 0.3) is 5.56 Å². The second-order valence-electron chi connectivity index (χ2n) is 6.57. The fourth-order valence-corrected chi connectivity index (χ4v) is 4.97. The molecule has 1 N–H and O–H groups in total. The van der Waals surface area contributed by atoms with Crippen molar-refractivity contribution in [1.29, 1.82) is 0 Å². The molecule has 0 spiro atoms. The summed E-state index contributed by atoms with van der Waals surface area (Å²) >= 11 is 2.47. The molecule has 30 heavy (non-hydrogen) atoms. The Labute approximate surface area is 179 Å². The zero-order valence-corrected chi connectivity index (χ0v) is 18.1. The average Bonchev–Trinajstić information content (AvgIpc) is 3.28. The number of aromatic nitrogens is 3. The van der Waals surface area contributed by atoms with Crippen molar-refractivity contribution in [3.63, 3.8) is 0 Å². The second kappa shape index (κ2) is 7.96. The van der Waals surface area contributed by atoms with Gasteiger partial charge in [0.2, 0.25) is 5.91 Å². The number of para-hydroxylation sites is 1. The smallest absolute Gasteiger partial charge is 0.348 e. The minimum Gasteiger partial charge on any atom is -0.462 e. The largest absolute Gasteiger partial charge is 0.462 e. The lowest BCUT2D eigenvalue weighted by molar-refractivity contribution is -0.118. The molecule has 1 atom stereocenters. The molecule has 0 aliphatic heterocycles. The predicted octanol–water partition coefficient (Wildman–Crippen LogP) is 3.75. The number of thiazole rings is 1. The highest BCUT2D eigenvalue weighted by atomic mass is 32.1. The summed E-state index contributed by atoms with van der Waals surface area (Å²) in [5.41, 5.74) is 0.932. The number of thiophene rings is 1. The molecule has 3 aromatic heterocycles. The van der Waals surface area contributed by atoms with Crippen LogP contribution in [0.5, 0.6) is 0 Å². The monoisotopic (exact) mass is 442 g/mol. The lowest BCUT2D eigenvalue weighted by Gasteiger charge is -2.13. The van der Waals surface area contributed by atoms with Crippen molar-refractivity contribution >= 4 is 60.1 Å². The normalized spacial score (nSPS) is 12.2. The summed E-state index contributed by atoms with van der Waals surface area (Å²) in [7, 11) is 0. The summed E-state index contributed by atoms with van der Waals surface area (Å²) in [6.45, 7) is 5.26. The number of carbonyl (C=O) groups is 2. The minimum atomic E-state index is -0.813. The molecule has 3 heterocycles. The Morgan fingerprint density at radius 2 is 2.03 bits per heavy atom. The van der Waals surface area contributed by atoms with E-state index in [1.165, 1.54) is 22.2 Å². The number of nitrogens with one attached hydrogen (secondary N) is 1. The van der Waals surface area contributed by atoms with Crippen LogP contribution in [0.25, 0.3) is 20.4 Å². The summed E-state index contributed by atoms with van der Waals surface area (Å²) in [4.78, 5) is 47.4. The number of hydrogen-bond acceptors (Lipinski definition) is 8. The molecule has 0 bridgehead atoms. The number of nitrogens with zero attached hydrogens (tertiary/aromatic N) is 3. The Bertz CT molecular complexity index is 1300. The summed E-state index contributed by atoms with van der Waals surface area (Å²) in [5.74, 6) is -0.860. The van der Waals surface area contributed by atoms with E-state index in [-0.39, 0.29) is 18.1 Å². The highest BCUT2D eigenvalue weighted by Gasteiger charge is 2.24. The van der Waals surface area contributed by atoms with Crippen LogP contribution in [0.4, 0.5) is 5.13 Å². The third kappa shape index (κ3) is 3.48. The number of carbonyl (C=O) groups excluding carboxylic acids is 2. The Balaban J connectivity index is 1.65. The Morgan fingerprint density at radius 1 is 1.27 bits per heavy atom. The van der Waals surface area contributed by atoms with E-state index in [9.17, 15) is 14.4 Å². The first-order valence-electron chi connectivity index (χ1n) is 9.24. The number of ether oxygens (including phenoxy) is 1. The highest BCUT2D eigenvalue weighted by molar-refractivity contribution is 7.22. The van der Waals surface area contributed by atoms with Crippen LogP contribution in [0, 0.1) is 6.92 Å². The molecule has 0 aliphatic rings. The average molecular weight is 443 g/mol. The van der Waals surface area contributed by atoms with Crippen LogP contribution in [0.3, 0.4) is 0 Å². The molecule has 1 amide bonds. The number of rotatable bonds is 5. The molecule has 10 heteroatoms. The first-order chi connectivity index (χ1) is 14.4. The Kier molecular flexibility index (Phi) is 5.35. The van der Waals surface area contributed by atoms with Crippen molar-refractivity contribution in [2.24, 2.45) is 0 Å². The van der Waals surface area contributed by atoms with Gasteiger partial charge in [-0.3, -0.25) is 14.2 Å². The molecule has 0 aliphatic carbocycles. The quantitative estimate of drug-likeness (QED) is 0.472. The molecule has 8 nitrogen and oxygen atoms in total. The molecule has 0 radical (unpaired) electrons. The van der Waals surface area contributed by atoms with Crippen LogP contribution >= 0.6 is 22.7 Å². The number of esters is 1. The lowest BCUT2D eigenvalue weighted by atomic mass is 10.2. The van der Waals surface area contributed by atoms with Gasteiger partial charge >= 0.3 is 5.97 Å². The highest BCUT2D eigenvalue weighted by Crippen LogP contribution is 2.28. The molecule has 0 saturated heterocycles. The molecule has 154 valence electrons. The molecule has 0 fully saturated rings. The predicted molar refractivity (Wildman–Crippen MR) is 118 cm³/mol. The summed E-state index contributed by atoms with van der Waals surface area (Å²) in [6, 6.07) is 6.77. The van der Waals surface area contributed by atoms with Crippen LogP contribution < -0.4 is 10.9 Å². The van der Waals surface area contributed by atoms with Crippen molar-refractivity contribution < 1.29 is 14.3 Å². The van der Waals surface area contributed by atoms with E-state index in [2.05, 4.69) is 15.3 Å². The van der Waals surface area contributed by atoms with Gasteiger partial charge in [-0.2, -0.15) is 0 Å². The van der Waals surface area contributed by atoms with Crippen LogP contribution in [-0.2, 0) is 9.53 Å². The molecule has 4 aromatic rings. The third-order valence-electron chi connectivity index (χ3n) is 4.66. The second-order valence-corrected chi connectivity index (χ2v) is 8.60. The van der Waals surface area contributed by atoms with Crippen molar-refractivity contribution in [3.8, 4) is 0 Å². The summed E-state index contributed by atoms with van der Waals surface area (Å²) < 4.78 is 7.27. The zero-order valence-electron chi connectivity index (χ0n) is 16.5. The van der Waals surface area contributed by atoms with E-state index in [0.717, 1.165) is 21.6 Å². The lowest BCUT2D eigenvalue weighted by Crippen LogP contribution is -2.31. The van der Waals surface area contributed by atoms with Crippen molar-refractivity contribution in [1.82, 2.24) is 14.5 Å². The van der Waals surface area contributed by atoms with Gasteiger partial charge in [0.1, 0.15) is 15.7 Å². The van der Waals surface area contributed by atoms with Crippen molar-refractivity contribution in [2.45, 2.75) is 26.8 Å². The van der Waals surface area contributed by atoms with Crippen LogP contribution in [-0.4, -0.2) is 33.0 Å². The maximum atomic E-state index is 13.1. The van der Waals surface area contributed by atoms with Gasteiger partial charge in [-0.1, -0.05) is 23.5 Å². The van der Waals surface area contributed by atoms with E-state index in [4.69, 9.17) is 4.74 Å². The molecule has 4 rings (SSSR count). The van der Waals surface area contributed by atoms with Crippen molar-refractivity contribution in [2.75, 3.05) is 11.9 Å². The standard InChI is InChI=1S/C20H18N4O4S2/c1-4-28-19(27)15-10(2)14-17(30-15)21-9-24(18(14)26)11(3)16(25)23-20-22-12-7-5-6-8-13(12)29-20/h5-9,11H,4H2,1-3H3,(H,22,23,25). The third-order valence-corrected chi connectivity index (χ3v) is 6.79. The van der Waals surface area contributed by atoms with Crippen molar-refractivity contribution in [3.05, 3.63) is 51.4 Å². The Hall–Kier alpha value is -3.11. The zero-order chi connectivity index (χ0) is 21.4. The van der Waals surface area contributed by atoms with Gasteiger partial charge in [-0.05, 0) is 38.5 Å². The molecular weight excluding hydrogens is 424 g/mol. The summed E-state index contributed by atoms with van der Waals surface area (Å²) in [5, 5.41) is 3.56. The fourth-order valence-electron chi connectivity index (χ4n) is 3.07. The number of anilines is 1. The number of benzene rings is 1. The fraction of sp³-hybridized carbons (Fsp3) is 0.250. The summed E-state index contributed by atoms with van der Waals surface area (Å²) in [6.07, 6.45) is 1.33. The maximum absolute atomic E-state index is 13.1. The van der Waals surface area contributed by atoms with Gasteiger partial charge in [0, 0.05) is 0 Å². The van der Waals surface area contributed by atoms with Crippen LogP contribution in [0.2, 0.25) is 0 Å². The first kappa shape index (κ1) is 20.2. The van der Waals surface area contributed by atoms with Crippen LogP contribution in [0.1, 0.15) is 35.1 Å². The van der Waals surface area contributed by atoms with E-state index < -0.39 is 12.0 Å². The van der Waals surface area contributed by atoms with E-state index in [0.29, 0.717) is 25.8 Å². The number of fused-ring (bicyclic) bond motifs is 2. The van der Waals surface area contributed by atoms with Gasteiger partial charge in [-0.15, -0.1) is 11.3 Å². The van der Waals surface area contributed by atoms with Gasteiger partial charge in [-0.25, -0.2) is 14.8 Å². The van der Waals surface area contributed by atoms with Gasteiger partial charge in [0.05, 0.1) is 28.5 Å². The SMILES string of the molecule is CCOC(=O)c1sc2ncn(C(C)C(=O)Nc3nc4ccccc4s3)c(=O)c2c1C. The Morgan fingerprint density at radius 3 is 2.77 bits per heavy atom. The van der Waals surface area contributed by atoms with E-state index in [1.807, 2.05) is 24.3 Å². The van der Waals surface area contributed by atoms with Crippen LogP contribution in [0.15, 0.2) is 35.4 Å². The number of amides is 1. The van der Waals surface area contributed by atoms with E-state index in [1.54, 1.807) is 20.8 Å². The maximum Gasteiger partial charge on any atom is 0.348 e. The topological polar surface area (TPSA) is 103 Å². The molecular formula is C20H18N4O4S2.